The van der Waals surface area contributed by atoms with Crippen molar-refractivity contribution in [1.29, 1.82) is 0 Å². The smallest absolute Gasteiger partial charge is 0.417 e. The van der Waals surface area contributed by atoms with Crippen LogP contribution < -0.4 is 0 Å². The van der Waals surface area contributed by atoms with Gasteiger partial charge >= 0.3 is 6.09 Å². The number of rotatable bonds is 0. The third-order valence-corrected chi connectivity index (χ3v) is 4.48. The minimum atomic E-state index is -0.613. The number of hydrogen-bond acceptors (Lipinski definition) is 4. The quantitative estimate of drug-likeness (QED) is 0.740. The number of ether oxygens (including phenoxy) is 1. The van der Waals surface area contributed by atoms with Crippen molar-refractivity contribution in [3.05, 3.63) is 0 Å². The molecule has 5 atom stereocenters. The van der Waals surface area contributed by atoms with E-state index in [1.165, 1.54) is 4.90 Å². The van der Waals surface area contributed by atoms with Crippen molar-refractivity contribution in [1.82, 2.24) is 4.90 Å². The first-order chi connectivity index (χ1) is 9.11. The predicted octanol–water partition coefficient (Wildman–Crippen LogP) is 2.18. The van der Waals surface area contributed by atoms with Crippen LogP contribution in [0.15, 0.2) is 0 Å². The largest absolute Gasteiger partial charge is 0.443 e. The molecule has 0 aromatic heterocycles. The van der Waals surface area contributed by atoms with Gasteiger partial charge in [-0.2, -0.15) is 0 Å². The lowest BCUT2D eigenvalue weighted by Crippen LogP contribution is -2.42. The van der Waals surface area contributed by atoms with Crippen LogP contribution in [0.5, 0.6) is 0 Å². The Bertz CT molecular complexity index is 415. The normalized spacial score (nSPS) is 37.8. The van der Waals surface area contributed by atoms with Crippen molar-refractivity contribution < 1.29 is 19.4 Å². The van der Waals surface area contributed by atoms with E-state index in [-0.39, 0.29) is 29.7 Å². The SMILES string of the molecule is CC1CC2C(CC1O)C(=O)N(C(=O)OC(C)(C)C)C2C. The maximum absolute atomic E-state index is 12.4. The fourth-order valence-corrected chi connectivity index (χ4v) is 3.37. The molecule has 2 fully saturated rings. The Hall–Kier alpha value is -1.10. The number of hydrogen-bond donors (Lipinski definition) is 1. The minimum Gasteiger partial charge on any atom is -0.443 e. The van der Waals surface area contributed by atoms with Gasteiger partial charge in [-0.3, -0.25) is 4.79 Å². The average molecular weight is 283 g/mol. The van der Waals surface area contributed by atoms with Gasteiger partial charge < -0.3 is 9.84 Å². The van der Waals surface area contributed by atoms with E-state index < -0.39 is 17.8 Å². The number of nitrogens with zero attached hydrogens (tertiary/aromatic N) is 1. The van der Waals surface area contributed by atoms with Crippen molar-refractivity contribution in [2.75, 3.05) is 0 Å². The summed E-state index contributed by atoms with van der Waals surface area (Å²) < 4.78 is 5.33. The summed E-state index contributed by atoms with van der Waals surface area (Å²) in [6.07, 6.45) is 0.212. The molecule has 1 aliphatic heterocycles. The molecule has 1 saturated heterocycles. The lowest BCUT2D eigenvalue weighted by molar-refractivity contribution is -0.132. The van der Waals surface area contributed by atoms with Gasteiger partial charge in [0, 0.05) is 12.0 Å². The fraction of sp³-hybridized carbons (Fsp3) is 0.867. The van der Waals surface area contributed by atoms with Crippen LogP contribution in [0.2, 0.25) is 0 Å². The Morgan fingerprint density at radius 3 is 2.45 bits per heavy atom. The van der Waals surface area contributed by atoms with Crippen molar-refractivity contribution in [2.45, 2.75) is 65.2 Å². The summed E-state index contributed by atoms with van der Waals surface area (Å²) in [5.41, 5.74) is -0.613. The average Bonchev–Trinajstić information content (AvgIpc) is 2.51. The van der Waals surface area contributed by atoms with E-state index in [2.05, 4.69) is 0 Å². The summed E-state index contributed by atoms with van der Waals surface area (Å²) in [4.78, 5) is 25.9. The summed E-state index contributed by atoms with van der Waals surface area (Å²) in [5, 5.41) is 9.95. The number of carbonyl (C=O) groups excluding carboxylic acids is 2. The molecule has 1 N–H and O–H groups in total. The molecule has 2 amide bonds. The standard InChI is InChI=1S/C15H25NO4/c1-8-6-10-9(2)16(14(19)20-15(3,4)5)13(18)11(10)7-12(8)17/h8-12,17H,6-7H2,1-5H3. The Balaban J connectivity index is 2.17. The zero-order valence-corrected chi connectivity index (χ0v) is 12.9. The molecule has 5 nitrogen and oxygen atoms in total. The minimum absolute atomic E-state index is 0.133. The molecule has 114 valence electrons. The van der Waals surface area contributed by atoms with Gasteiger partial charge in [-0.1, -0.05) is 6.92 Å². The highest BCUT2D eigenvalue weighted by molar-refractivity contribution is 5.96. The number of aliphatic hydroxyl groups is 1. The van der Waals surface area contributed by atoms with Crippen molar-refractivity contribution >= 4 is 12.0 Å². The van der Waals surface area contributed by atoms with Gasteiger partial charge in [-0.05, 0) is 52.4 Å². The van der Waals surface area contributed by atoms with Crippen LogP contribution in [-0.2, 0) is 9.53 Å². The van der Waals surface area contributed by atoms with Gasteiger partial charge in [-0.15, -0.1) is 0 Å². The molecule has 0 radical (unpaired) electrons. The fourth-order valence-electron chi connectivity index (χ4n) is 3.37. The van der Waals surface area contributed by atoms with Gasteiger partial charge in [0.25, 0.3) is 0 Å². The van der Waals surface area contributed by atoms with E-state index in [1.54, 1.807) is 20.8 Å². The number of fused-ring (bicyclic) bond motifs is 1. The zero-order valence-electron chi connectivity index (χ0n) is 12.9. The molecule has 5 heteroatoms. The summed E-state index contributed by atoms with van der Waals surface area (Å²) in [6, 6.07) is -0.155. The van der Waals surface area contributed by atoms with Crippen molar-refractivity contribution in [2.24, 2.45) is 17.8 Å². The number of likely N-dealkylation sites (tertiary alicyclic amines) is 1. The highest BCUT2D eigenvalue weighted by atomic mass is 16.6. The van der Waals surface area contributed by atoms with Gasteiger partial charge in [0.05, 0.1) is 6.10 Å². The molecule has 0 aromatic carbocycles. The van der Waals surface area contributed by atoms with Gasteiger partial charge in [0.15, 0.2) is 0 Å². The van der Waals surface area contributed by atoms with E-state index >= 15 is 0 Å². The van der Waals surface area contributed by atoms with E-state index in [4.69, 9.17) is 4.74 Å². The second kappa shape index (κ2) is 5.02. The van der Waals surface area contributed by atoms with Crippen molar-refractivity contribution in [3.8, 4) is 0 Å². The maximum atomic E-state index is 12.4. The zero-order chi connectivity index (χ0) is 15.2. The number of imide groups is 1. The third-order valence-electron chi connectivity index (χ3n) is 4.48. The number of amides is 2. The van der Waals surface area contributed by atoms with Crippen molar-refractivity contribution in [3.63, 3.8) is 0 Å². The van der Waals surface area contributed by atoms with E-state index in [0.29, 0.717) is 6.42 Å². The second-order valence-electron chi connectivity index (χ2n) is 7.22. The Morgan fingerprint density at radius 1 is 1.30 bits per heavy atom. The van der Waals surface area contributed by atoms with E-state index in [9.17, 15) is 14.7 Å². The second-order valence-corrected chi connectivity index (χ2v) is 7.22. The molecule has 0 spiro atoms. The summed E-state index contributed by atoms with van der Waals surface area (Å²) in [7, 11) is 0. The van der Waals surface area contributed by atoms with Crippen LogP contribution >= 0.6 is 0 Å². The Labute approximate surface area is 120 Å². The molecular formula is C15H25NO4. The first-order valence-corrected chi connectivity index (χ1v) is 7.36. The maximum Gasteiger partial charge on any atom is 0.417 e. The van der Waals surface area contributed by atoms with E-state index in [1.807, 2.05) is 13.8 Å². The number of aliphatic hydroxyl groups excluding tert-OH is 1. The first kappa shape index (κ1) is 15.3. The van der Waals surface area contributed by atoms with Crippen LogP contribution in [0.3, 0.4) is 0 Å². The summed E-state index contributed by atoms with van der Waals surface area (Å²) >= 11 is 0. The Kier molecular flexibility index (Phi) is 3.84. The topological polar surface area (TPSA) is 66.8 Å². The highest BCUT2D eigenvalue weighted by Gasteiger charge is 2.52. The lowest BCUT2D eigenvalue weighted by Gasteiger charge is -2.33. The van der Waals surface area contributed by atoms with Gasteiger partial charge in [0.1, 0.15) is 5.60 Å². The van der Waals surface area contributed by atoms with Crippen LogP contribution in [0.25, 0.3) is 0 Å². The van der Waals surface area contributed by atoms with Crippen LogP contribution in [0.1, 0.15) is 47.5 Å². The predicted molar refractivity (Wildman–Crippen MR) is 73.9 cm³/mol. The first-order valence-electron chi connectivity index (χ1n) is 7.36. The summed E-state index contributed by atoms with van der Waals surface area (Å²) in [5.74, 6) is -0.134. The molecule has 2 rings (SSSR count). The molecule has 0 bridgehead atoms. The lowest BCUT2D eigenvalue weighted by atomic mass is 9.72. The third kappa shape index (κ3) is 2.68. The molecule has 1 aliphatic carbocycles. The van der Waals surface area contributed by atoms with Crippen LogP contribution in [0.4, 0.5) is 4.79 Å². The van der Waals surface area contributed by atoms with Gasteiger partial charge in [-0.25, -0.2) is 9.69 Å². The number of carbonyl (C=O) groups is 2. The molecule has 2 aliphatic rings. The molecule has 1 heterocycles. The summed E-state index contributed by atoms with van der Waals surface area (Å²) in [6.45, 7) is 9.25. The monoisotopic (exact) mass is 283 g/mol. The van der Waals surface area contributed by atoms with Crippen LogP contribution in [-0.4, -0.2) is 39.8 Å². The van der Waals surface area contributed by atoms with E-state index in [0.717, 1.165) is 6.42 Å². The highest BCUT2D eigenvalue weighted by Crippen LogP contribution is 2.43. The van der Waals surface area contributed by atoms with Crippen LogP contribution in [0, 0.1) is 17.8 Å². The molecule has 0 aromatic rings. The molecular weight excluding hydrogens is 258 g/mol. The molecule has 5 unspecified atom stereocenters. The Morgan fingerprint density at radius 2 is 1.90 bits per heavy atom. The molecule has 20 heavy (non-hydrogen) atoms. The molecule has 1 saturated carbocycles. The van der Waals surface area contributed by atoms with Gasteiger partial charge in [0.2, 0.25) is 5.91 Å².